The predicted molar refractivity (Wildman–Crippen MR) is 62.2 cm³/mol. The van der Waals surface area contributed by atoms with Crippen molar-refractivity contribution >= 4 is 11.7 Å². The van der Waals surface area contributed by atoms with Crippen LogP contribution in [-0.4, -0.2) is 15.7 Å². The van der Waals surface area contributed by atoms with Crippen molar-refractivity contribution in [1.29, 1.82) is 5.26 Å². The number of nitriles is 1. The predicted octanol–water partition coefficient (Wildman–Crippen LogP) is 1.82. The fourth-order valence-corrected chi connectivity index (χ4v) is 1.51. The molecule has 0 saturated carbocycles. The van der Waals surface area contributed by atoms with E-state index in [0.717, 1.165) is 12.1 Å². The van der Waals surface area contributed by atoms with Crippen LogP contribution in [0, 0.1) is 23.0 Å². The van der Waals surface area contributed by atoms with Gasteiger partial charge < -0.3 is 5.32 Å². The summed E-state index contributed by atoms with van der Waals surface area (Å²) in [5, 5.41) is 15.0. The molecule has 1 aromatic carbocycles. The number of amides is 1. The van der Waals surface area contributed by atoms with Gasteiger partial charge in [-0.2, -0.15) is 10.4 Å². The number of hydrogen-bond acceptors (Lipinski definition) is 3. The Hall–Kier alpha value is -2.75. The van der Waals surface area contributed by atoms with Crippen molar-refractivity contribution < 1.29 is 13.6 Å². The highest BCUT2D eigenvalue weighted by Gasteiger charge is 2.16. The Labute approximate surface area is 107 Å². The summed E-state index contributed by atoms with van der Waals surface area (Å²) in [5.41, 5.74) is -0.172. The molecule has 0 spiro atoms. The molecule has 1 aromatic heterocycles. The van der Waals surface area contributed by atoms with Crippen LogP contribution >= 0.6 is 0 Å². The number of rotatable bonds is 2. The summed E-state index contributed by atoms with van der Waals surface area (Å²) in [4.78, 5) is 11.8. The fourth-order valence-electron chi connectivity index (χ4n) is 1.51. The van der Waals surface area contributed by atoms with Crippen LogP contribution in [0.2, 0.25) is 0 Å². The second-order valence-electron chi connectivity index (χ2n) is 3.76. The van der Waals surface area contributed by atoms with E-state index in [1.165, 1.54) is 10.9 Å². The van der Waals surface area contributed by atoms with Crippen molar-refractivity contribution in [2.24, 2.45) is 7.05 Å². The smallest absolute Gasteiger partial charge is 0.259 e. The van der Waals surface area contributed by atoms with Crippen molar-refractivity contribution in [3.05, 3.63) is 47.2 Å². The molecular formula is C12H8F2N4O. The Bertz CT molecular complexity index is 688. The Morgan fingerprint density at radius 3 is 2.84 bits per heavy atom. The van der Waals surface area contributed by atoms with Crippen molar-refractivity contribution in [2.45, 2.75) is 0 Å². The van der Waals surface area contributed by atoms with Crippen LogP contribution in [0.4, 0.5) is 14.6 Å². The molecule has 0 saturated heterocycles. The van der Waals surface area contributed by atoms with Gasteiger partial charge in [0.05, 0.1) is 5.56 Å². The third-order valence-electron chi connectivity index (χ3n) is 2.36. The van der Waals surface area contributed by atoms with Gasteiger partial charge in [0.25, 0.3) is 5.91 Å². The topological polar surface area (TPSA) is 70.7 Å². The van der Waals surface area contributed by atoms with E-state index < -0.39 is 17.5 Å². The van der Waals surface area contributed by atoms with Gasteiger partial charge in [0, 0.05) is 19.3 Å². The minimum Gasteiger partial charge on any atom is -0.304 e. The number of hydrogen-bond donors (Lipinski definition) is 1. The molecule has 2 aromatic rings. The maximum Gasteiger partial charge on any atom is 0.259 e. The lowest BCUT2D eigenvalue weighted by atomic mass is 10.2. The van der Waals surface area contributed by atoms with E-state index in [9.17, 15) is 13.6 Å². The first-order valence-corrected chi connectivity index (χ1v) is 5.21. The molecule has 1 N–H and O–H groups in total. The summed E-state index contributed by atoms with van der Waals surface area (Å²) in [5.74, 6) is -2.53. The first-order valence-electron chi connectivity index (χ1n) is 5.21. The summed E-state index contributed by atoms with van der Waals surface area (Å²) >= 11 is 0. The van der Waals surface area contributed by atoms with E-state index in [2.05, 4.69) is 10.4 Å². The number of benzene rings is 1. The van der Waals surface area contributed by atoms with Crippen LogP contribution in [-0.2, 0) is 7.05 Å². The summed E-state index contributed by atoms with van der Waals surface area (Å²) in [6.07, 6.45) is 1.41. The molecule has 0 unspecified atom stereocenters. The Morgan fingerprint density at radius 1 is 1.47 bits per heavy atom. The van der Waals surface area contributed by atoms with Gasteiger partial charge in [-0.25, -0.2) is 8.78 Å². The van der Waals surface area contributed by atoms with Crippen molar-refractivity contribution in [2.75, 3.05) is 5.32 Å². The zero-order valence-corrected chi connectivity index (χ0v) is 9.82. The zero-order chi connectivity index (χ0) is 14.0. The number of halogens is 2. The van der Waals surface area contributed by atoms with Gasteiger partial charge in [-0.15, -0.1) is 0 Å². The largest absolute Gasteiger partial charge is 0.304 e. The molecule has 7 heteroatoms. The van der Waals surface area contributed by atoms with Crippen molar-refractivity contribution in [1.82, 2.24) is 9.78 Å². The summed E-state index contributed by atoms with van der Waals surface area (Å²) in [7, 11) is 1.58. The molecule has 2 rings (SSSR count). The van der Waals surface area contributed by atoms with Crippen LogP contribution in [0.25, 0.3) is 0 Å². The number of nitrogens with zero attached hydrogens (tertiary/aromatic N) is 3. The highest BCUT2D eigenvalue weighted by atomic mass is 19.1. The van der Waals surface area contributed by atoms with Crippen molar-refractivity contribution in [3.8, 4) is 6.07 Å². The first kappa shape index (κ1) is 12.7. The van der Waals surface area contributed by atoms with E-state index >= 15 is 0 Å². The third-order valence-corrected chi connectivity index (χ3v) is 2.36. The summed E-state index contributed by atoms with van der Waals surface area (Å²) in [6, 6.07) is 4.45. The molecule has 0 fully saturated rings. The zero-order valence-electron chi connectivity index (χ0n) is 9.82. The van der Waals surface area contributed by atoms with Gasteiger partial charge in [-0.05, 0) is 12.1 Å². The quantitative estimate of drug-likeness (QED) is 0.897. The SMILES string of the molecule is Cn1cc(C#N)c(NC(=O)c2ccc(F)cc2F)n1. The number of nitrogens with one attached hydrogen (secondary N) is 1. The average molecular weight is 262 g/mol. The van der Waals surface area contributed by atoms with Gasteiger partial charge in [-0.1, -0.05) is 0 Å². The molecule has 0 aliphatic carbocycles. The lowest BCUT2D eigenvalue weighted by Crippen LogP contribution is -2.15. The molecule has 0 aliphatic rings. The first-order chi connectivity index (χ1) is 9.01. The fraction of sp³-hybridized carbons (Fsp3) is 0.0833. The van der Waals surface area contributed by atoms with E-state index in [1.54, 1.807) is 7.05 Å². The molecule has 1 heterocycles. The van der Waals surface area contributed by atoms with E-state index in [0.29, 0.717) is 6.07 Å². The summed E-state index contributed by atoms with van der Waals surface area (Å²) < 4.78 is 27.5. The average Bonchev–Trinajstić information content (AvgIpc) is 2.69. The number of aryl methyl sites for hydroxylation is 1. The molecule has 0 aliphatic heterocycles. The van der Waals surface area contributed by atoms with Crippen LogP contribution in [0.3, 0.4) is 0 Å². The van der Waals surface area contributed by atoms with E-state index in [4.69, 9.17) is 5.26 Å². The van der Waals surface area contributed by atoms with E-state index in [1.807, 2.05) is 6.07 Å². The van der Waals surface area contributed by atoms with Gasteiger partial charge in [-0.3, -0.25) is 9.48 Å². The van der Waals surface area contributed by atoms with Crippen LogP contribution < -0.4 is 5.32 Å². The van der Waals surface area contributed by atoms with Gasteiger partial charge >= 0.3 is 0 Å². The third kappa shape index (κ3) is 2.57. The maximum atomic E-state index is 13.4. The van der Waals surface area contributed by atoms with Crippen molar-refractivity contribution in [3.63, 3.8) is 0 Å². The Morgan fingerprint density at radius 2 is 2.21 bits per heavy atom. The highest BCUT2D eigenvalue weighted by Crippen LogP contribution is 2.15. The van der Waals surface area contributed by atoms with Gasteiger partial charge in [0.15, 0.2) is 5.82 Å². The minimum absolute atomic E-state index is 0.0266. The number of carbonyl (C=O) groups excluding carboxylic acids is 1. The highest BCUT2D eigenvalue weighted by molar-refractivity contribution is 6.04. The van der Waals surface area contributed by atoms with Crippen LogP contribution in [0.5, 0.6) is 0 Å². The monoisotopic (exact) mass is 262 g/mol. The molecule has 0 radical (unpaired) electrons. The second-order valence-corrected chi connectivity index (χ2v) is 3.76. The Balaban J connectivity index is 2.28. The van der Waals surface area contributed by atoms with Gasteiger partial charge in [0.1, 0.15) is 23.3 Å². The number of carbonyl (C=O) groups is 1. The number of aromatic nitrogens is 2. The number of anilines is 1. The standard InChI is InChI=1S/C12H8F2N4O/c1-18-6-7(5-15)11(17-18)16-12(19)9-3-2-8(13)4-10(9)14/h2-4,6H,1H3,(H,16,17,19). The molecule has 96 valence electrons. The van der Waals surface area contributed by atoms with Crippen LogP contribution in [0.15, 0.2) is 24.4 Å². The maximum absolute atomic E-state index is 13.4. The van der Waals surface area contributed by atoms with Gasteiger partial charge in [0.2, 0.25) is 0 Å². The molecule has 0 bridgehead atoms. The minimum atomic E-state index is -0.980. The molecule has 0 atom stereocenters. The second kappa shape index (κ2) is 4.86. The van der Waals surface area contributed by atoms with E-state index in [-0.39, 0.29) is 16.9 Å². The molecule has 1 amide bonds. The molecule has 19 heavy (non-hydrogen) atoms. The lowest BCUT2D eigenvalue weighted by molar-refractivity contribution is 0.102. The lowest BCUT2D eigenvalue weighted by Gasteiger charge is -2.03. The summed E-state index contributed by atoms with van der Waals surface area (Å²) in [6.45, 7) is 0. The normalized spacial score (nSPS) is 10.0. The Kier molecular flexibility index (Phi) is 3.25. The molecule has 5 nitrogen and oxygen atoms in total. The van der Waals surface area contributed by atoms with Crippen LogP contribution in [0.1, 0.15) is 15.9 Å². The molecular weight excluding hydrogens is 254 g/mol.